The van der Waals surface area contributed by atoms with Crippen LogP contribution in [0.3, 0.4) is 0 Å². The standard InChI is InChI=1S/C6H10N2O2S/c1-11(9,10)8(5-4-7)6-2-3-6/h6H,2-3,5H2,1H3. The fourth-order valence-electron chi connectivity index (χ4n) is 0.949. The monoisotopic (exact) mass is 174 g/mol. The highest BCUT2D eigenvalue weighted by molar-refractivity contribution is 7.88. The van der Waals surface area contributed by atoms with Crippen molar-refractivity contribution in [2.45, 2.75) is 18.9 Å². The van der Waals surface area contributed by atoms with Gasteiger partial charge in [0.25, 0.3) is 0 Å². The van der Waals surface area contributed by atoms with Crippen LogP contribution in [0.5, 0.6) is 0 Å². The molecule has 11 heavy (non-hydrogen) atoms. The molecular formula is C6H10N2O2S. The molecule has 0 aromatic heterocycles. The lowest BCUT2D eigenvalue weighted by Crippen LogP contribution is -2.32. The Bertz CT molecular complexity index is 273. The second kappa shape index (κ2) is 2.80. The van der Waals surface area contributed by atoms with Gasteiger partial charge in [0.05, 0.1) is 12.3 Å². The SMILES string of the molecule is CS(=O)(=O)N(CC#N)C1CC1. The summed E-state index contributed by atoms with van der Waals surface area (Å²) in [4.78, 5) is 0. The number of hydrogen-bond donors (Lipinski definition) is 0. The van der Waals surface area contributed by atoms with E-state index in [0.717, 1.165) is 19.1 Å². The van der Waals surface area contributed by atoms with E-state index in [1.807, 2.05) is 6.07 Å². The molecule has 1 fully saturated rings. The molecule has 0 bridgehead atoms. The van der Waals surface area contributed by atoms with Crippen molar-refractivity contribution < 1.29 is 8.42 Å². The quantitative estimate of drug-likeness (QED) is 0.563. The van der Waals surface area contributed by atoms with Gasteiger partial charge in [0, 0.05) is 6.04 Å². The number of hydrogen-bond acceptors (Lipinski definition) is 3. The van der Waals surface area contributed by atoms with Crippen molar-refractivity contribution in [1.29, 1.82) is 5.26 Å². The lowest BCUT2D eigenvalue weighted by molar-refractivity contribution is 0.443. The lowest BCUT2D eigenvalue weighted by atomic mass is 10.6. The third kappa shape index (κ3) is 2.17. The summed E-state index contributed by atoms with van der Waals surface area (Å²) in [6.45, 7) is -0.0104. The second-order valence-corrected chi connectivity index (χ2v) is 4.63. The zero-order chi connectivity index (χ0) is 8.48. The predicted octanol–water partition coefficient (Wildman–Crippen LogP) is -0.0660. The van der Waals surface area contributed by atoms with Crippen molar-refractivity contribution in [3.05, 3.63) is 0 Å². The van der Waals surface area contributed by atoms with Crippen LogP contribution in [0.15, 0.2) is 0 Å². The van der Waals surface area contributed by atoms with E-state index in [2.05, 4.69) is 0 Å². The highest BCUT2D eigenvalue weighted by Gasteiger charge is 2.34. The largest absolute Gasteiger partial charge is 0.212 e. The van der Waals surface area contributed by atoms with E-state index < -0.39 is 10.0 Å². The summed E-state index contributed by atoms with van der Waals surface area (Å²) in [7, 11) is -3.15. The molecule has 0 saturated heterocycles. The van der Waals surface area contributed by atoms with E-state index >= 15 is 0 Å². The zero-order valence-corrected chi connectivity index (χ0v) is 7.13. The summed E-state index contributed by atoms with van der Waals surface area (Å²) >= 11 is 0. The van der Waals surface area contributed by atoms with Crippen molar-refractivity contribution >= 4 is 10.0 Å². The van der Waals surface area contributed by atoms with Crippen molar-refractivity contribution in [2.75, 3.05) is 12.8 Å². The van der Waals surface area contributed by atoms with Crippen LogP contribution < -0.4 is 0 Å². The highest BCUT2D eigenvalue weighted by atomic mass is 32.2. The summed E-state index contributed by atoms with van der Waals surface area (Å²) in [6, 6.07) is 1.94. The van der Waals surface area contributed by atoms with Gasteiger partial charge in [0.1, 0.15) is 6.54 Å². The van der Waals surface area contributed by atoms with Crippen molar-refractivity contribution in [2.24, 2.45) is 0 Å². The van der Waals surface area contributed by atoms with Gasteiger partial charge in [-0.1, -0.05) is 0 Å². The van der Waals surface area contributed by atoms with Crippen molar-refractivity contribution in [1.82, 2.24) is 4.31 Å². The first kappa shape index (κ1) is 8.50. The maximum absolute atomic E-state index is 11.0. The minimum absolute atomic E-state index is 0.0104. The molecular weight excluding hydrogens is 164 g/mol. The molecule has 5 heteroatoms. The van der Waals surface area contributed by atoms with Crippen LogP contribution in [0.1, 0.15) is 12.8 Å². The number of rotatable bonds is 3. The molecule has 1 aliphatic carbocycles. The molecule has 0 radical (unpaired) electrons. The molecule has 1 aliphatic rings. The smallest absolute Gasteiger partial charge is 0.212 e. The van der Waals surface area contributed by atoms with Gasteiger partial charge >= 0.3 is 0 Å². The number of sulfonamides is 1. The van der Waals surface area contributed by atoms with Gasteiger partial charge in [-0.15, -0.1) is 0 Å². The van der Waals surface area contributed by atoms with Crippen molar-refractivity contribution in [3.63, 3.8) is 0 Å². The molecule has 1 rings (SSSR count). The molecule has 0 unspecified atom stereocenters. The molecule has 0 amide bonds. The molecule has 0 aliphatic heterocycles. The van der Waals surface area contributed by atoms with E-state index in [-0.39, 0.29) is 12.6 Å². The Balaban J connectivity index is 2.68. The molecule has 0 heterocycles. The first-order chi connectivity index (χ1) is 5.05. The first-order valence-electron chi connectivity index (χ1n) is 3.39. The van der Waals surface area contributed by atoms with Gasteiger partial charge in [-0.25, -0.2) is 8.42 Å². The summed E-state index contributed by atoms with van der Waals surface area (Å²) in [5, 5.41) is 8.32. The second-order valence-electron chi connectivity index (χ2n) is 2.70. The predicted molar refractivity (Wildman–Crippen MR) is 40.2 cm³/mol. The topological polar surface area (TPSA) is 61.2 Å². The van der Waals surface area contributed by atoms with Crippen LogP contribution in [0.25, 0.3) is 0 Å². The Morgan fingerprint density at radius 1 is 1.64 bits per heavy atom. The van der Waals surface area contributed by atoms with Crippen LogP contribution in [-0.2, 0) is 10.0 Å². The van der Waals surface area contributed by atoms with Crippen LogP contribution in [0.4, 0.5) is 0 Å². The Morgan fingerprint density at radius 2 is 2.18 bits per heavy atom. The summed E-state index contributed by atoms with van der Waals surface area (Å²) in [6.07, 6.45) is 2.94. The number of nitrogens with zero attached hydrogens (tertiary/aromatic N) is 2. The molecule has 0 N–H and O–H groups in total. The average molecular weight is 174 g/mol. The fourth-order valence-corrected chi connectivity index (χ4v) is 1.99. The van der Waals surface area contributed by atoms with E-state index in [1.165, 1.54) is 4.31 Å². The van der Waals surface area contributed by atoms with E-state index in [1.54, 1.807) is 0 Å². The van der Waals surface area contributed by atoms with Crippen LogP contribution in [0, 0.1) is 11.3 Å². The lowest BCUT2D eigenvalue weighted by Gasteiger charge is -2.14. The Kier molecular flexibility index (Phi) is 2.16. The van der Waals surface area contributed by atoms with Gasteiger partial charge in [-0.3, -0.25) is 0 Å². The minimum atomic E-state index is -3.15. The average Bonchev–Trinajstić information content (AvgIpc) is 2.61. The Hall–Kier alpha value is -0.600. The summed E-state index contributed by atoms with van der Waals surface area (Å²) < 4.78 is 23.2. The third-order valence-electron chi connectivity index (χ3n) is 1.61. The van der Waals surface area contributed by atoms with Crippen molar-refractivity contribution in [3.8, 4) is 6.07 Å². The fraction of sp³-hybridized carbons (Fsp3) is 0.833. The minimum Gasteiger partial charge on any atom is -0.212 e. The van der Waals surface area contributed by atoms with Crippen LogP contribution >= 0.6 is 0 Å². The van der Waals surface area contributed by atoms with Gasteiger partial charge in [0.15, 0.2) is 0 Å². The van der Waals surface area contributed by atoms with Crippen LogP contribution in [-0.4, -0.2) is 31.6 Å². The molecule has 1 saturated carbocycles. The van der Waals surface area contributed by atoms with E-state index in [4.69, 9.17) is 5.26 Å². The maximum Gasteiger partial charge on any atom is 0.212 e. The molecule has 0 aromatic carbocycles. The van der Waals surface area contributed by atoms with Gasteiger partial charge in [-0.2, -0.15) is 9.57 Å². The van der Waals surface area contributed by atoms with Gasteiger partial charge in [0.2, 0.25) is 10.0 Å². The Morgan fingerprint density at radius 3 is 2.45 bits per heavy atom. The molecule has 0 aromatic rings. The highest BCUT2D eigenvalue weighted by Crippen LogP contribution is 2.28. The van der Waals surface area contributed by atoms with E-state index in [0.29, 0.717) is 0 Å². The maximum atomic E-state index is 11.0. The molecule has 62 valence electrons. The van der Waals surface area contributed by atoms with Gasteiger partial charge in [-0.05, 0) is 12.8 Å². The van der Waals surface area contributed by atoms with E-state index in [9.17, 15) is 8.42 Å². The normalized spacial score (nSPS) is 18.3. The number of nitriles is 1. The molecule has 4 nitrogen and oxygen atoms in total. The molecule has 0 atom stereocenters. The third-order valence-corrected chi connectivity index (χ3v) is 2.89. The summed E-state index contributed by atoms with van der Waals surface area (Å²) in [5.74, 6) is 0. The molecule has 0 spiro atoms. The Labute approximate surface area is 66.5 Å². The van der Waals surface area contributed by atoms with Gasteiger partial charge < -0.3 is 0 Å². The van der Waals surface area contributed by atoms with Crippen LogP contribution in [0.2, 0.25) is 0 Å². The first-order valence-corrected chi connectivity index (χ1v) is 5.24. The zero-order valence-electron chi connectivity index (χ0n) is 6.32. The summed E-state index contributed by atoms with van der Waals surface area (Å²) in [5.41, 5.74) is 0.